The lowest BCUT2D eigenvalue weighted by Crippen LogP contribution is -2.22. The molecule has 138 valence electrons. The van der Waals surface area contributed by atoms with Crippen molar-refractivity contribution in [2.45, 2.75) is 26.2 Å². The van der Waals surface area contributed by atoms with E-state index in [-0.39, 0.29) is 18.6 Å². The smallest absolute Gasteiger partial charge is 0.340 e. The molecule has 1 aromatic heterocycles. The number of nitrogens with one attached hydrogen (secondary N) is 1. The molecule has 2 aromatic rings. The fraction of sp³-hybridized carbons (Fsp3) is 0.316. The zero-order chi connectivity index (χ0) is 18.8. The monoisotopic (exact) mass is 375 g/mol. The predicted octanol–water partition coefficient (Wildman–Crippen LogP) is 3.43. The fourth-order valence-electron chi connectivity index (χ4n) is 2.25. The molecule has 7 heteroatoms. The quantitative estimate of drug-likeness (QED) is 0.679. The van der Waals surface area contributed by atoms with E-state index in [1.54, 1.807) is 42.5 Å². The number of carbonyl (C=O) groups is 3. The van der Waals surface area contributed by atoms with Crippen molar-refractivity contribution in [2.24, 2.45) is 0 Å². The first-order valence-corrected chi connectivity index (χ1v) is 9.22. The van der Waals surface area contributed by atoms with Crippen molar-refractivity contribution in [3.05, 3.63) is 52.2 Å². The summed E-state index contributed by atoms with van der Waals surface area (Å²) in [4.78, 5) is 36.8. The lowest BCUT2D eigenvalue weighted by Gasteiger charge is -2.10. The van der Waals surface area contributed by atoms with Crippen molar-refractivity contribution in [3.63, 3.8) is 0 Å². The molecule has 0 unspecified atom stereocenters. The Bertz CT molecular complexity index is 742. The standard InChI is InChI=1S/C19H21NO5S/c1-2-24-19(23)15-9-3-4-10-16(15)20-17(21)13-25-18(22)11-5-7-14-8-6-12-26-14/h3-4,6,8-10,12H,2,5,7,11,13H2,1H3,(H,20,21). The zero-order valence-corrected chi connectivity index (χ0v) is 15.3. The van der Waals surface area contributed by atoms with Gasteiger partial charge in [-0.25, -0.2) is 4.79 Å². The van der Waals surface area contributed by atoms with Crippen LogP contribution in [-0.4, -0.2) is 31.1 Å². The minimum atomic E-state index is -0.519. The summed E-state index contributed by atoms with van der Waals surface area (Å²) in [5, 5.41) is 4.56. The van der Waals surface area contributed by atoms with Crippen molar-refractivity contribution in [1.29, 1.82) is 0 Å². The van der Waals surface area contributed by atoms with Gasteiger partial charge in [-0.15, -0.1) is 11.3 Å². The summed E-state index contributed by atoms with van der Waals surface area (Å²) in [5.41, 5.74) is 0.578. The Labute approximate surface area is 156 Å². The average Bonchev–Trinajstić information content (AvgIpc) is 3.14. The SMILES string of the molecule is CCOC(=O)c1ccccc1NC(=O)COC(=O)CCCc1cccs1. The van der Waals surface area contributed by atoms with E-state index >= 15 is 0 Å². The number of thiophene rings is 1. The molecule has 0 aliphatic rings. The van der Waals surface area contributed by atoms with Crippen molar-refractivity contribution < 1.29 is 23.9 Å². The number of hydrogen-bond donors (Lipinski definition) is 1. The van der Waals surface area contributed by atoms with Crippen LogP contribution < -0.4 is 5.32 Å². The molecule has 1 N–H and O–H groups in total. The molecule has 0 aliphatic carbocycles. The van der Waals surface area contributed by atoms with E-state index in [0.29, 0.717) is 12.1 Å². The van der Waals surface area contributed by atoms with E-state index in [0.717, 1.165) is 6.42 Å². The predicted molar refractivity (Wildman–Crippen MR) is 99.2 cm³/mol. The lowest BCUT2D eigenvalue weighted by molar-refractivity contribution is -0.147. The molecule has 0 fully saturated rings. The Hall–Kier alpha value is -2.67. The maximum Gasteiger partial charge on any atom is 0.340 e. The summed E-state index contributed by atoms with van der Waals surface area (Å²) in [6.45, 7) is 1.55. The van der Waals surface area contributed by atoms with Gasteiger partial charge in [-0.2, -0.15) is 0 Å². The second kappa shape index (κ2) is 10.4. The zero-order valence-electron chi connectivity index (χ0n) is 14.5. The molecular weight excluding hydrogens is 354 g/mol. The van der Waals surface area contributed by atoms with E-state index in [9.17, 15) is 14.4 Å². The van der Waals surface area contributed by atoms with Gasteiger partial charge in [0.25, 0.3) is 5.91 Å². The van der Waals surface area contributed by atoms with E-state index in [1.165, 1.54) is 4.88 Å². The number of benzene rings is 1. The summed E-state index contributed by atoms with van der Waals surface area (Å²) >= 11 is 1.65. The minimum Gasteiger partial charge on any atom is -0.462 e. The number of ether oxygens (including phenoxy) is 2. The van der Waals surface area contributed by atoms with Gasteiger partial charge in [-0.05, 0) is 43.3 Å². The minimum absolute atomic E-state index is 0.240. The number of amides is 1. The number of carbonyl (C=O) groups excluding carboxylic acids is 3. The number of para-hydroxylation sites is 1. The Morgan fingerprint density at radius 2 is 1.88 bits per heavy atom. The number of rotatable bonds is 9. The fourth-order valence-corrected chi connectivity index (χ4v) is 3.00. The number of esters is 2. The molecule has 0 aliphatic heterocycles. The van der Waals surface area contributed by atoms with Crippen molar-refractivity contribution in [3.8, 4) is 0 Å². The van der Waals surface area contributed by atoms with Crippen LogP contribution in [0.2, 0.25) is 0 Å². The Balaban J connectivity index is 1.76. The number of aryl methyl sites for hydroxylation is 1. The van der Waals surface area contributed by atoms with Gasteiger partial charge in [-0.3, -0.25) is 9.59 Å². The van der Waals surface area contributed by atoms with Gasteiger partial charge in [0.05, 0.1) is 17.9 Å². The van der Waals surface area contributed by atoms with Gasteiger partial charge < -0.3 is 14.8 Å². The van der Waals surface area contributed by atoms with Gasteiger partial charge in [0, 0.05) is 11.3 Å². The highest BCUT2D eigenvalue weighted by Crippen LogP contribution is 2.16. The summed E-state index contributed by atoms with van der Waals surface area (Å²) in [5.74, 6) is -1.45. The first-order valence-electron chi connectivity index (χ1n) is 8.34. The molecule has 0 saturated carbocycles. The molecule has 0 bridgehead atoms. The molecule has 1 amide bonds. The maximum atomic E-state index is 12.0. The first kappa shape index (κ1) is 19.7. The highest BCUT2D eigenvalue weighted by atomic mass is 32.1. The molecule has 2 rings (SSSR count). The largest absolute Gasteiger partial charge is 0.462 e. The average molecular weight is 375 g/mol. The molecular formula is C19H21NO5S. The van der Waals surface area contributed by atoms with Gasteiger partial charge in [0.15, 0.2) is 6.61 Å². The van der Waals surface area contributed by atoms with Gasteiger partial charge in [0.1, 0.15) is 0 Å². The molecule has 0 spiro atoms. The van der Waals surface area contributed by atoms with E-state index in [2.05, 4.69) is 5.32 Å². The second-order valence-corrected chi connectivity index (χ2v) is 6.44. The normalized spacial score (nSPS) is 10.2. The van der Waals surface area contributed by atoms with Gasteiger partial charge >= 0.3 is 11.9 Å². The number of anilines is 1. The van der Waals surface area contributed by atoms with Crippen LogP contribution in [0.25, 0.3) is 0 Å². The first-order chi connectivity index (χ1) is 12.6. The van der Waals surface area contributed by atoms with Crippen LogP contribution in [0, 0.1) is 0 Å². The molecule has 1 aromatic carbocycles. The summed E-state index contributed by atoms with van der Waals surface area (Å²) in [6.07, 6.45) is 1.74. The van der Waals surface area contributed by atoms with Crippen LogP contribution in [-0.2, 0) is 25.5 Å². The van der Waals surface area contributed by atoms with Gasteiger partial charge in [-0.1, -0.05) is 18.2 Å². The van der Waals surface area contributed by atoms with E-state index < -0.39 is 24.5 Å². The second-order valence-electron chi connectivity index (χ2n) is 5.41. The maximum absolute atomic E-state index is 12.0. The highest BCUT2D eigenvalue weighted by molar-refractivity contribution is 7.09. The topological polar surface area (TPSA) is 81.7 Å². The van der Waals surface area contributed by atoms with Crippen LogP contribution in [0.4, 0.5) is 5.69 Å². The van der Waals surface area contributed by atoms with Crippen molar-refractivity contribution >= 4 is 34.9 Å². The molecule has 0 radical (unpaired) electrons. The van der Waals surface area contributed by atoms with Crippen LogP contribution in [0.3, 0.4) is 0 Å². The molecule has 0 saturated heterocycles. The highest BCUT2D eigenvalue weighted by Gasteiger charge is 2.15. The van der Waals surface area contributed by atoms with Crippen LogP contribution >= 0.6 is 11.3 Å². The van der Waals surface area contributed by atoms with Crippen molar-refractivity contribution in [2.75, 3.05) is 18.5 Å². The van der Waals surface area contributed by atoms with Crippen molar-refractivity contribution in [1.82, 2.24) is 0 Å². The molecule has 26 heavy (non-hydrogen) atoms. The molecule has 1 heterocycles. The third kappa shape index (κ3) is 6.33. The lowest BCUT2D eigenvalue weighted by atomic mass is 10.2. The third-order valence-electron chi connectivity index (χ3n) is 3.44. The summed E-state index contributed by atoms with van der Waals surface area (Å²) < 4.78 is 9.93. The molecule has 6 nitrogen and oxygen atoms in total. The Morgan fingerprint density at radius 1 is 1.08 bits per heavy atom. The van der Waals surface area contributed by atoms with Crippen LogP contribution in [0.1, 0.15) is 35.0 Å². The van der Waals surface area contributed by atoms with E-state index in [4.69, 9.17) is 9.47 Å². The van der Waals surface area contributed by atoms with E-state index in [1.807, 2.05) is 17.5 Å². The van der Waals surface area contributed by atoms with Crippen LogP contribution in [0.5, 0.6) is 0 Å². The Kier molecular flexibility index (Phi) is 7.82. The Morgan fingerprint density at radius 3 is 2.62 bits per heavy atom. The molecule has 0 atom stereocenters. The number of hydrogen-bond acceptors (Lipinski definition) is 6. The third-order valence-corrected chi connectivity index (χ3v) is 4.38. The van der Waals surface area contributed by atoms with Gasteiger partial charge in [0.2, 0.25) is 0 Å². The van der Waals surface area contributed by atoms with Crippen LogP contribution in [0.15, 0.2) is 41.8 Å². The summed E-state index contributed by atoms with van der Waals surface area (Å²) in [7, 11) is 0. The summed E-state index contributed by atoms with van der Waals surface area (Å²) in [6, 6.07) is 10.5.